The lowest BCUT2D eigenvalue weighted by atomic mass is 10.3. The Morgan fingerprint density at radius 1 is 1.39 bits per heavy atom. The predicted octanol–water partition coefficient (Wildman–Crippen LogP) is 1.01. The molecular weight excluding hydrogens is 275 g/mol. The molecule has 0 aromatic carbocycles. The lowest BCUT2D eigenvalue weighted by Crippen LogP contribution is -2.47. The minimum Gasteiger partial charge on any atom is -0.339 e. The van der Waals surface area contributed by atoms with Gasteiger partial charge >= 0.3 is 0 Å². The minimum atomic E-state index is 0. The molecule has 7 heteroatoms. The summed E-state index contributed by atoms with van der Waals surface area (Å²) >= 11 is 6.05. The molecule has 1 saturated heterocycles. The number of aryl methyl sites for hydroxylation is 1. The molecule has 1 aromatic rings. The number of amides is 1. The normalized spacial score (nSPS) is 15.4. The summed E-state index contributed by atoms with van der Waals surface area (Å²) in [6, 6.07) is 0. The van der Waals surface area contributed by atoms with Crippen molar-refractivity contribution < 1.29 is 4.79 Å². The Labute approximate surface area is 118 Å². The van der Waals surface area contributed by atoms with Crippen LogP contribution in [-0.4, -0.2) is 46.8 Å². The van der Waals surface area contributed by atoms with Crippen molar-refractivity contribution in [1.29, 1.82) is 0 Å². The Bertz CT molecular complexity index is 427. The maximum Gasteiger partial charge on any atom is 0.244 e. The van der Waals surface area contributed by atoms with Gasteiger partial charge in [0.2, 0.25) is 5.91 Å². The molecule has 2 heterocycles. The van der Waals surface area contributed by atoms with Crippen molar-refractivity contribution in [3.8, 4) is 0 Å². The molecule has 1 N–H and O–H groups in total. The van der Waals surface area contributed by atoms with Crippen LogP contribution in [0.1, 0.15) is 11.4 Å². The third kappa shape index (κ3) is 3.16. The summed E-state index contributed by atoms with van der Waals surface area (Å²) in [4.78, 5) is 13.9. The van der Waals surface area contributed by atoms with Crippen LogP contribution < -0.4 is 5.32 Å². The Hall–Kier alpha value is -0.780. The SMILES string of the molecule is Cc1nn(CC(=O)N2CCNCC2)c(C)c1Cl.Cl. The summed E-state index contributed by atoms with van der Waals surface area (Å²) < 4.78 is 1.68. The van der Waals surface area contributed by atoms with Crippen molar-refractivity contribution in [2.45, 2.75) is 20.4 Å². The zero-order chi connectivity index (χ0) is 12.4. The highest BCUT2D eigenvalue weighted by atomic mass is 35.5. The molecule has 0 radical (unpaired) electrons. The average Bonchev–Trinajstić information content (AvgIpc) is 2.58. The first-order chi connectivity index (χ1) is 8.09. The van der Waals surface area contributed by atoms with Gasteiger partial charge in [-0.2, -0.15) is 5.10 Å². The summed E-state index contributed by atoms with van der Waals surface area (Å²) in [5, 5.41) is 8.14. The molecular formula is C11H18Cl2N4O. The number of hydrogen-bond donors (Lipinski definition) is 1. The highest BCUT2D eigenvalue weighted by molar-refractivity contribution is 6.31. The van der Waals surface area contributed by atoms with Gasteiger partial charge in [-0.05, 0) is 13.8 Å². The molecule has 1 amide bonds. The fourth-order valence-corrected chi connectivity index (χ4v) is 2.11. The topological polar surface area (TPSA) is 50.2 Å². The summed E-state index contributed by atoms with van der Waals surface area (Å²) in [6.07, 6.45) is 0. The number of nitrogens with one attached hydrogen (secondary N) is 1. The second-order valence-electron chi connectivity index (χ2n) is 4.27. The molecule has 0 aliphatic carbocycles. The van der Waals surface area contributed by atoms with Crippen LogP contribution in [0.2, 0.25) is 5.02 Å². The van der Waals surface area contributed by atoms with Crippen LogP contribution in [0.5, 0.6) is 0 Å². The van der Waals surface area contributed by atoms with Crippen LogP contribution in [0.4, 0.5) is 0 Å². The first-order valence-electron chi connectivity index (χ1n) is 5.77. The Morgan fingerprint density at radius 3 is 2.50 bits per heavy atom. The molecule has 0 atom stereocenters. The number of rotatable bonds is 2. The average molecular weight is 293 g/mol. The molecule has 0 saturated carbocycles. The Morgan fingerprint density at radius 2 is 2.00 bits per heavy atom. The summed E-state index contributed by atoms with van der Waals surface area (Å²) in [7, 11) is 0. The van der Waals surface area contributed by atoms with Crippen LogP contribution in [-0.2, 0) is 11.3 Å². The monoisotopic (exact) mass is 292 g/mol. The highest BCUT2D eigenvalue weighted by Gasteiger charge is 2.18. The molecule has 1 aliphatic rings. The summed E-state index contributed by atoms with van der Waals surface area (Å²) in [6.45, 7) is 7.28. The smallest absolute Gasteiger partial charge is 0.244 e. The van der Waals surface area contributed by atoms with E-state index in [0.717, 1.165) is 37.6 Å². The van der Waals surface area contributed by atoms with Gasteiger partial charge in [-0.15, -0.1) is 12.4 Å². The van der Waals surface area contributed by atoms with E-state index in [2.05, 4.69) is 10.4 Å². The number of halogens is 2. The van der Waals surface area contributed by atoms with E-state index in [0.29, 0.717) is 5.02 Å². The van der Waals surface area contributed by atoms with Crippen LogP contribution in [0.25, 0.3) is 0 Å². The van der Waals surface area contributed by atoms with Crippen LogP contribution in [0, 0.1) is 13.8 Å². The van der Waals surface area contributed by atoms with Crippen LogP contribution >= 0.6 is 24.0 Å². The quantitative estimate of drug-likeness (QED) is 0.885. The van der Waals surface area contributed by atoms with Gasteiger partial charge in [-0.3, -0.25) is 9.48 Å². The zero-order valence-corrected chi connectivity index (χ0v) is 12.1. The fourth-order valence-electron chi connectivity index (χ4n) is 1.97. The van der Waals surface area contributed by atoms with Gasteiger partial charge in [0.05, 0.1) is 16.4 Å². The number of piperazine rings is 1. The lowest BCUT2D eigenvalue weighted by Gasteiger charge is -2.27. The van der Waals surface area contributed by atoms with Gasteiger partial charge in [-0.25, -0.2) is 0 Å². The fraction of sp³-hybridized carbons (Fsp3) is 0.636. The summed E-state index contributed by atoms with van der Waals surface area (Å²) in [5.41, 5.74) is 1.63. The highest BCUT2D eigenvalue weighted by Crippen LogP contribution is 2.18. The van der Waals surface area contributed by atoms with E-state index in [1.54, 1.807) is 4.68 Å². The van der Waals surface area contributed by atoms with Gasteiger partial charge in [0.25, 0.3) is 0 Å². The second kappa shape index (κ2) is 6.41. The van der Waals surface area contributed by atoms with E-state index in [1.165, 1.54) is 0 Å². The van der Waals surface area contributed by atoms with Gasteiger partial charge in [0, 0.05) is 26.2 Å². The van der Waals surface area contributed by atoms with Gasteiger partial charge in [0.1, 0.15) is 6.54 Å². The van der Waals surface area contributed by atoms with E-state index in [1.807, 2.05) is 18.7 Å². The maximum absolute atomic E-state index is 12.0. The molecule has 5 nitrogen and oxygen atoms in total. The molecule has 0 unspecified atom stereocenters. The molecule has 1 aliphatic heterocycles. The third-order valence-corrected chi connectivity index (χ3v) is 3.59. The van der Waals surface area contributed by atoms with Crippen LogP contribution in [0.15, 0.2) is 0 Å². The molecule has 2 rings (SSSR count). The molecule has 0 spiro atoms. The Balaban J connectivity index is 0.00000162. The molecule has 0 bridgehead atoms. The number of aromatic nitrogens is 2. The predicted molar refractivity (Wildman–Crippen MR) is 73.4 cm³/mol. The van der Waals surface area contributed by atoms with E-state index in [-0.39, 0.29) is 24.9 Å². The number of carbonyl (C=O) groups is 1. The van der Waals surface area contributed by atoms with Crippen molar-refractivity contribution in [1.82, 2.24) is 20.0 Å². The van der Waals surface area contributed by atoms with E-state index >= 15 is 0 Å². The van der Waals surface area contributed by atoms with E-state index in [9.17, 15) is 4.79 Å². The lowest BCUT2D eigenvalue weighted by molar-refractivity contribution is -0.132. The van der Waals surface area contributed by atoms with Crippen LogP contribution in [0.3, 0.4) is 0 Å². The zero-order valence-electron chi connectivity index (χ0n) is 10.6. The number of hydrogen-bond acceptors (Lipinski definition) is 3. The summed E-state index contributed by atoms with van der Waals surface area (Å²) in [5.74, 6) is 0.105. The van der Waals surface area contributed by atoms with Crippen molar-refractivity contribution in [2.75, 3.05) is 26.2 Å². The van der Waals surface area contributed by atoms with Crippen molar-refractivity contribution in [2.24, 2.45) is 0 Å². The minimum absolute atomic E-state index is 0. The first kappa shape index (κ1) is 15.3. The maximum atomic E-state index is 12.0. The van der Waals surface area contributed by atoms with E-state index in [4.69, 9.17) is 11.6 Å². The number of nitrogens with zero attached hydrogens (tertiary/aromatic N) is 3. The molecule has 102 valence electrons. The first-order valence-corrected chi connectivity index (χ1v) is 6.15. The standard InChI is InChI=1S/C11H17ClN4O.ClH/c1-8-11(12)9(2)16(14-8)7-10(17)15-5-3-13-4-6-15;/h13H,3-7H2,1-2H3;1H. The largest absolute Gasteiger partial charge is 0.339 e. The second-order valence-corrected chi connectivity index (χ2v) is 4.65. The van der Waals surface area contributed by atoms with Gasteiger partial charge in [-0.1, -0.05) is 11.6 Å². The van der Waals surface area contributed by atoms with E-state index < -0.39 is 0 Å². The van der Waals surface area contributed by atoms with Crippen molar-refractivity contribution in [3.63, 3.8) is 0 Å². The van der Waals surface area contributed by atoms with Gasteiger partial charge in [0.15, 0.2) is 0 Å². The third-order valence-electron chi connectivity index (χ3n) is 3.05. The molecule has 1 fully saturated rings. The molecule has 1 aromatic heterocycles. The molecule has 18 heavy (non-hydrogen) atoms. The van der Waals surface area contributed by atoms with Crippen molar-refractivity contribution in [3.05, 3.63) is 16.4 Å². The Kier molecular flexibility index (Phi) is 5.44. The van der Waals surface area contributed by atoms with Crippen molar-refractivity contribution >= 4 is 29.9 Å². The van der Waals surface area contributed by atoms with Gasteiger partial charge < -0.3 is 10.2 Å². The number of carbonyl (C=O) groups excluding carboxylic acids is 1.